The smallest absolute Gasteiger partial charge is 0.161 e. The number of halogens is 1. The molecule has 0 saturated carbocycles. The normalized spacial score (nSPS) is 10.7. The van der Waals surface area contributed by atoms with Crippen LogP contribution in [-0.2, 0) is 13.2 Å². The van der Waals surface area contributed by atoms with Crippen LogP contribution in [0.4, 0.5) is 0 Å². The van der Waals surface area contributed by atoms with Crippen molar-refractivity contribution >= 4 is 17.8 Å². The molecule has 0 amide bonds. The first-order valence-corrected chi connectivity index (χ1v) is 9.51. The predicted octanol–water partition coefficient (Wildman–Crippen LogP) is 5.06. The average molecular weight is 411 g/mol. The van der Waals surface area contributed by atoms with Crippen LogP contribution in [0.3, 0.4) is 0 Å². The minimum absolute atomic E-state index is 0.392. The van der Waals surface area contributed by atoms with Gasteiger partial charge in [0, 0.05) is 16.1 Å². The summed E-state index contributed by atoms with van der Waals surface area (Å²) in [6.45, 7) is 0.948. The topological polar surface area (TPSA) is 52.1 Å². The molecule has 0 radical (unpaired) electrons. The molecular formula is C23H23ClN2O3. The third kappa shape index (κ3) is 5.65. The molecule has 150 valence electrons. The van der Waals surface area contributed by atoms with Crippen LogP contribution < -0.4 is 19.6 Å². The van der Waals surface area contributed by atoms with Crippen LogP contribution in [0.15, 0.2) is 71.8 Å². The summed E-state index contributed by atoms with van der Waals surface area (Å²) in [4.78, 5) is 0. The molecule has 6 heteroatoms. The lowest BCUT2D eigenvalue weighted by Crippen LogP contribution is -2.06. The molecule has 0 heterocycles. The van der Waals surface area contributed by atoms with E-state index in [0.717, 1.165) is 22.4 Å². The molecule has 0 aliphatic carbocycles. The Morgan fingerprint density at radius 2 is 1.66 bits per heavy atom. The van der Waals surface area contributed by atoms with E-state index in [1.54, 1.807) is 20.4 Å². The van der Waals surface area contributed by atoms with Gasteiger partial charge in [0.05, 0.1) is 27.0 Å². The van der Waals surface area contributed by atoms with Crippen LogP contribution in [0.2, 0.25) is 5.02 Å². The number of hydrogen-bond donors (Lipinski definition) is 1. The Bertz CT molecular complexity index is 976. The van der Waals surface area contributed by atoms with Gasteiger partial charge in [-0.25, -0.2) is 0 Å². The first-order chi connectivity index (χ1) is 14.2. The van der Waals surface area contributed by atoms with Gasteiger partial charge in [0.2, 0.25) is 0 Å². The summed E-state index contributed by atoms with van der Waals surface area (Å²) in [5, 5.41) is 5.01. The van der Waals surface area contributed by atoms with Crippen LogP contribution >= 0.6 is 11.6 Å². The zero-order valence-corrected chi connectivity index (χ0v) is 17.1. The summed E-state index contributed by atoms with van der Waals surface area (Å²) in [5.41, 5.74) is 5.89. The Morgan fingerprint density at radius 3 is 2.45 bits per heavy atom. The molecule has 3 aromatic carbocycles. The number of nitrogens with zero attached hydrogens (tertiary/aromatic N) is 1. The van der Waals surface area contributed by atoms with E-state index in [-0.39, 0.29) is 0 Å². The maximum absolute atomic E-state index is 6.20. The highest BCUT2D eigenvalue weighted by Crippen LogP contribution is 2.27. The van der Waals surface area contributed by atoms with Gasteiger partial charge in [-0.2, -0.15) is 5.10 Å². The number of hydrogen-bond acceptors (Lipinski definition) is 5. The van der Waals surface area contributed by atoms with E-state index in [0.29, 0.717) is 29.7 Å². The second kappa shape index (κ2) is 10.4. The predicted molar refractivity (Wildman–Crippen MR) is 116 cm³/mol. The van der Waals surface area contributed by atoms with Crippen molar-refractivity contribution in [3.8, 4) is 17.2 Å². The van der Waals surface area contributed by atoms with Gasteiger partial charge in [0.25, 0.3) is 0 Å². The summed E-state index contributed by atoms with van der Waals surface area (Å²) in [7, 11) is 3.23. The quantitative estimate of drug-likeness (QED) is 0.395. The Balaban J connectivity index is 1.60. The molecule has 0 aliphatic rings. The summed E-state index contributed by atoms with van der Waals surface area (Å²) < 4.78 is 16.5. The van der Waals surface area contributed by atoms with E-state index < -0.39 is 0 Å². The van der Waals surface area contributed by atoms with E-state index in [4.69, 9.17) is 25.8 Å². The minimum atomic E-state index is 0.392. The van der Waals surface area contributed by atoms with Crippen molar-refractivity contribution in [1.29, 1.82) is 0 Å². The van der Waals surface area contributed by atoms with E-state index in [1.807, 2.05) is 66.7 Å². The summed E-state index contributed by atoms with van der Waals surface area (Å²) in [6, 6.07) is 21.1. The molecule has 0 saturated heterocycles. The van der Waals surface area contributed by atoms with Crippen molar-refractivity contribution in [3.05, 3.63) is 88.4 Å². The summed E-state index contributed by atoms with van der Waals surface area (Å²) >= 11 is 6.20. The molecule has 0 spiro atoms. The number of nitrogens with one attached hydrogen (secondary N) is 1. The van der Waals surface area contributed by atoms with E-state index in [9.17, 15) is 0 Å². The molecule has 5 nitrogen and oxygen atoms in total. The zero-order valence-electron chi connectivity index (χ0n) is 16.4. The fourth-order valence-electron chi connectivity index (χ4n) is 2.73. The Labute approximate surface area is 175 Å². The monoisotopic (exact) mass is 410 g/mol. The second-order valence-corrected chi connectivity index (χ2v) is 6.61. The Hall–Kier alpha value is -3.18. The standard InChI is InChI=1S/C23H23ClN2O3/c1-27-22-12-11-17(13-23(22)28-2)14-25-26-15-18-7-4-6-10-21(18)29-16-19-8-3-5-9-20(19)24/h3-13,15,25H,14,16H2,1-2H3/b26-15-. The summed E-state index contributed by atoms with van der Waals surface area (Å²) in [6.07, 6.45) is 1.74. The Morgan fingerprint density at radius 1 is 0.897 bits per heavy atom. The fraction of sp³-hybridized carbons (Fsp3) is 0.174. The lowest BCUT2D eigenvalue weighted by Gasteiger charge is -2.10. The first kappa shape index (κ1) is 20.6. The van der Waals surface area contributed by atoms with Crippen LogP contribution in [0.25, 0.3) is 0 Å². The van der Waals surface area contributed by atoms with Gasteiger partial charge in [-0.15, -0.1) is 0 Å². The van der Waals surface area contributed by atoms with Crippen molar-refractivity contribution in [1.82, 2.24) is 5.43 Å². The maximum atomic E-state index is 6.20. The van der Waals surface area contributed by atoms with Crippen LogP contribution in [0, 0.1) is 0 Å². The van der Waals surface area contributed by atoms with Crippen molar-refractivity contribution in [2.24, 2.45) is 5.10 Å². The lowest BCUT2D eigenvalue weighted by molar-refractivity contribution is 0.306. The van der Waals surface area contributed by atoms with Crippen molar-refractivity contribution in [2.45, 2.75) is 13.2 Å². The highest BCUT2D eigenvalue weighted by Gasteiger charge is 2.05. The molecule has 29 heavy (non-hydrogen) atoms. The van der Waals surface area contributed by atoms with E-state index >= 15 is 0 Å². The Kier molecular flexibility index (Phi) is 7.36. The van der Waals surface area contributed by atoms with Crippen molar-refractivity contribution in [3.63, 3.8) is 0 Å². The highest BCUT2D eigenvalue weighted by atomic mass is 35.5. The fourth-order valence-corrected chi connectivity index (χ4v) is 2.92. The third-order valence-corrected chi connectivity index (χ3v) is 4.65. The van der Waals surface area contributed by atoms with Crippen LogP contribution in [0.1, 0.15) is 16.7 Å². The van der Waals surface area contributed by atoms with Crippen molar-refractivity contribution < 1.29 is 14.2 Å². The minimum Gasteiger partial charge on any atom is -0.493 e. The van der Waals surface area contributed by atoms with E-state index in [2.05, 4.69) is 10.5 Å². The number of methoxy groups -OCH3 is 2. The van der Waals surface area contributed by atoms with Gasteiger partial charge < -0.3 is 19.6 Å². The van der Waals surface area contributed by atoms with Crippen molar-refractivity contribution in [2.75, 3.05) is 14.2 Å². The number of para-hydroxylation sites is 1. The molecule has 0 aromatic heterocycles. The maximum Gasteiger partial charge on any atom is 0.161 e. The van der Waals surface area contributed by atoms with Gasteiger partial charge >= 0.3 is 0 Å². The van der Waals surface area contributed by atoms with Gasteiger partial charge in [0.1, 0.15) is 12.4 Å². The average Bonchev–Trinajstić information content (AvgIpc) is 2.76. The molecule has 0 atom stereocenters. The lowest BCUT2D eigenvalue weighted by atomic mass is 10.2. The number of ether oxygens (including phenoxy) is 3. The third-order valence-electron chi connectivity index (χ3n) is 4.29. The van der Waals surface area contributed by atoms with Gasteiger partial charge in [-0.1, -0.05) is 48.0 Å². The zero-order chi connectivity index (χ0) is 20.5. The van der Waals surface area contributed by atoms with Gasteiger partial charge in [-0.05, 0) is 35.9 Å². The molecule has 0 aliphatic heterocycles. The summed E-state index contributed by atoms with van der Waals surface area (Å²) in [5.74, 6) is 2.13. The largest absolute Gasteiger partial charge is 0.493 e. The van der Waals surface area contributed by atoms with Gasteiger partial charge in [-0.3, -0.25) is 0 Å². The van der Waals surface area contributed by atoms with Gasteiger partial charge in [0.15, 0.2) is 11.5 Å². The molecule has 3 aromatic rings. The molecule has 0 unspecified atom stereocenters. The molecule has 0 bridgehead atoms. The highest BCUT2D eigenvalue weighted by molar-refractivity contribution is 6.31. The number of benzene rings is 3. The first-order valence-electron chi connectivity index (χ1n) is 9.13. The SMILES string of the molecule is COc1ccc(CN/N=C\c2ccccc2OCc2ccccc2Cl)cc1OC. The molecule has 1 N–H and O–H groups in total. The number of hydrazone groups is 1. The van der Waals surface area contributed by atoms with Crippen LogP contribution in [-0.4, -0.2) is 20.4 Å². The second-order valence-electron chi connectivity index (χ2n) is 6.20. The molecular weight excluding hydrogens is 388 g/mol. The molecule has 3 rings (SSSR count). The number of rotatable bonds is 9. The van der Waals surface area contributed by atoms with E-state index in [1.165, 1.54) is 0 Å². The van der Waals surface area contributed by atoms with Crippen LogP contribution in [0.5, 0.6) is 17.2 Å². The molecule has 0 fully saturated rings.